The number of piperazine rings is 1. The zero-order valence-electron chi connectivity index (χ0n) is 25.2. The molecular weight excluding hydrogens is 588 g/mol. The van der Waals surface area contributed by atoms with Gasteiger partial charge in [-0.15, -0.1) is 0 Å². The van der Waals surface area contributed by atoms with Crippen molar-refractivity contribution in [2.75, 3.05) is 57.4 Å². The van der Waals surface area contributed by atoms with Crippen LogP contribution in [0.15, 0.2) is 103 Å². The van der Waals surface area contributed by atoms with Crippen molar-refractivity contribution in [2.45, 2.75) is 12.5 Å². The fraction of sp³-hybridized carbons (Fsp3) is 0.278. The van der Waals surface area contributed by atoms with Gasteiger partial charge in [0.1, 0.15) is 0 Å². The summed E-state index contributed by atoms with van der Waals surface area (Å²) < 4.78 is 5.39. The average Bonchev–Trinajstić information content (AvgIpc) is 3.19. The van der Waals surface area contributed by atoms with Crippen LogP contribution >= 0.6 is 11.6 Å². The van der Waals surface area contributed by atoms with E-state index in [1.165, 1.54) is 16.0 Å². The topological polar surface area (TPSA) is 99.3 Å². The van der Waals surface area contributed by atoms with Gasteiger partial charge in [-0.3, -0.25) is 19.5 Å². The minimum atomic E-state index is -0.588. The van der Waals surface area contributed by atoms with Crippen molar-refractivity contribution in [3.05, 3.63) is 130 Å². The molecule has 3 N–H and O–H groups in total. The molecule has 1 unspecified atom stereocenters. The van der Waals surface area contributed by atoms with E-state index in [2.05, 4.69) is 52.3 Å². The van der Waals surface area contributed by atoms with Crippen LogP contribution in [0.2, 0.25) is 5.02 Å². The van der Waals surface area contributed by atoms with Gasteiger partial charge < -0.3 is 15.6 Å². The minimum Gasteiger partial charge on any atom is -0.394 e. The van der Waals surface area contributed by atoms with Crippen LogP contribution in [-0.4, -0.2) is 79.3 Å². The molecule has 1 fully saturated rings. The number of hydrogen-bond donors (Lipinski definition) is 2. The predicted octanol–water partition coefficient (Wildman–Crippen LogP) is 5.70. The molecule has 1 atom stereocenters. The Morgan fingerprint density at radius 1 is 0.800 bits per heavy atom. The summed E-state index contributed by atoms with van der Waals surface area (Å²) in [6.07, 6.45) is 0.275. The highest BCUT2D eigenvalue weighted by atomic mass is 35.5. The van der Waals surface area contributed by atoms with E-state index in [4.69, 9.17) is 27.2 Å². The second-order valence-electron chi connectivity index (χ2n) is 11.0. The van der Waals surface area contributed by atoms with Gasteiger partial charge in [-0.25, -0.2) is 4.79 Å². The molecule has 9 heteroatoms. The minimum absolute atomic E-state index is 0.00759. The standard InChI is InChI=1S/C21H27ClN2O2.C15H12N2O2/c22-20-8-6-19(7-9-20)21(18-4-2-1-3-5-18)24-12-10-23(11-13-24)14-16-26-17-15-25;16-15(19)17-12-7-3-1-5-10(12)9-14(18)11-6-2-4-8-13(11)17/h1-9,21,25H,10-17H2;1-8H,9H2,(H2,16,19). The lowest BCUT2D eigenvalue weighted by atomic mass is 9.96. The summed E-state index contributed by atoms with van der Waals surface area (Å²) in [4.78, 5) is 30.4. The maximum absolute atomic E-state index is 12.3. The fourth-order valence-electron chi connectivity index (χ4n) is 5.92. The smallest absolute Gasteiger partial charge is 0.323 e. The number of benzene rings is 4. The number of nitrogens with zero attached hydrogens (tertiary/aromatic N) is 3. The molecule has 4 aromatic carbocycles. The summed E-state index contributed by atoms with van der Waals surface area (Å²) in [5.74, 6) is -0.00759. The summed E-state index contributed by atoms with van der Waals surface area (Å²) in [6.45, 7) is 6.20. The molecule has 0 bridgehead atoms. The molecule has 0 saturated carbocycles. The normalized spacial score (nSPS) is 15.7. The molecule has 1 saturated heterocycles. The van der Waals surface area contributed by atoms with Crippen LogP contribution in [0.1, 0.15) is 33.1 Å². The van der Waals surface area contributed by atoms with Crippen LogP contribution in [0.25, 0.3) is 0 Å². The van der Waals surface area contributed by atoms with E-state index < -0.39 is 6.03 Å². The summed E-state index contributed by atoms with van der Waals surface area (Å²) in [7, 11) is 0. The van der Waals surface area contributed by atoms with Crippen molar-refractivity contribution in [2.24, 2.45) is 5.73 Å². The number of nitrogens with two attached hydrogens (primary N) is 1. The lowest BCUT2D eigenvalue weighted by molar-refractivity contribution is 0.0522. The van der Waals surface area contributed by atoms with Gasteiger partial charge in [0.05, 0.1) is 37.2 Å². The number of rotatable bonds is 8. The van der Waals surface area contributed by atoms with Crippen LogP contribution in [0, 0.1) is 0 Å². The Balaban J connectivity index is 0.000000186. The highest BCUT2D eigenvalue weighted by Gasteiger charge is 2.28. The third-order valence-corrected chi connectivity index (χ3v) is 8.36. The molecule has 0 spiro atoms. The summed E-state index contributed by atoms with van der Waals surface area (Å²) in [6, 6.07) is 32.9. The third kappa shape index (κ3) is 8.16. The number of ether oxygens (including phenoxy) is 1. The Morgan fingerprint density at radius 2 is 1.42 bits per heavy atom. The molecule has 0 aromatic heterocycles. The van der Waals surface area contributed by atoms with Gasteiger partial charge >= 0.3 is 6.03 Å². The van der Waals surface area contributed by atoms with Crippen LogP contribution < -0.4 is 10.6 Å². The van der Waals surface area contributed by atoms with E-state index in [1.54, 1.807) is 30.3 Å². The second kappa shape index (κ2) is 15.8. The molecule has 0 aliphatic carbocycles. The van der Waals surface area contributed by atoms with Gasteiger partial charge in [-0.1, -0.05) is 84.4 Å². The van der Waals surface area contributed by atoms with Crippen LogP contribution in [0.4, 0.5) is 16.2 Å². The summed E-state index contributed by atoms with van der Waals surface area (Å²) in [5, 5.41) is 9.55. The van der Waals surface area contributed by atoms with Crippen molar-refractivity contribution >= 4 is 34.8 Å². The molecule has 2 heterocycles. The number of fused-ring (bicyclic) bond motifs is 2. The first-order valence-electron chi connectivity index (χ1n) is 15.2. The molecule has 6 rings (SSSR count). The van der Waals surface area contributed by atoms with Crippen molar-refractivity contribution < 1.29 is 19.4 Å². The number of halogens is 1. The van der Waals surface area contributed by atoms with Gasteiger partial charge in [0.15, 0.2) is 5.78 Å². The van der Waals surface area contributed by atoms with E-state index in [0.29, 0.717) is 30.2 Å². The van der Waals surface area contributed by atoms with E-state index in [1.807, 2.05) is 30.3 Å². The molecule has 0 radical (unpaired) electrons. The molecule has 2 amide bonds. The van der Waals surface area contributed by atoms with Gasteiger partial charge in [0.2, 0.25) is 0 Å². The van der Waals surface area contributed by atoms with Gasteiger partial charge in [0.25, 0.3) is 0 Å². The first-order valence-corrected chi connectivity index (χ1v) is 15.6. The number of hydrogen-bond acceptors (Lipinski definition) is 6. The number of Topliss-reactive ketones (excluding diaryl/α,β-unsaturated/α-hetero) is 1. The number of amides is 2. The number of aliphatic hydroxyl groups is 1. The van der Waals surface area contributed by atoms with Gasteiger partial charge in [-0.2, -0.15) is 0 Å². The number of primary amides is 1. The van der Waals surface area contributed by atoms with Crippen LogP contribution in [0.3, 0.4) is 0 Å². The molecule has 4 aromatic rings. The average molecular weight is 627 g/mol. The Labute approximate surface area is 269 Å². The lowest BCUT2D eigenvalue weighted by Crippen LogP contribution is -2.48. The largest absolute Gasteiger partial charge is 0.394 e. The van der Waals surface area contributed by atoms with E-state index >= 15 is 0 Å². The van der Waals surface area contributed by atoms with Crippen LogP contribution in [-0.2, 0) is 11.2 Å². The van der Waals surface area contributed by atoms with E-state index in [-0.39, 0.29) is 24.9 Å². The number of anilines is 2. The third-order valence-electron chi connectivity index (χ3n) is 8.11. The first kappa shape index (κ1) is 32.3. The van der Waals surface area contributed by atoms with Gasteiger partial charge in [-0.05, 0) is 47.0 Å². The van der Waals surface area contributed by atoms with Crippen molar-refractivity contribution in [1.82, 2.24) is 9.80 Å². The number of ketones is 1. The summed E-state index contributed by atoms with van der Waals surface area (Å²) >= 11 is 6.09. The molecule has 8 nitrogen and oxygen atoms in total. The molecule has 234 valence electrons. The molecular formula is C36H39ClN4O4. The SMILES string of the molecule is NC(=O)N1c2ccccc2CC(=O)c2ccccc21.OCCOCCN1CCN(C(c2ccccc2)c2ccc(Cl)cc2)CC1. The second-order valence-corrected chi connectivity index (χ2v) is 11.4. The van der Waals surface area contributed by atoms with E-state index in [9.17, 15) is 9.59 Å². The zero-order valence-corrected chi connectivity index (χ0v) is 26.0. The Bertz CT molecular complexity index is 1560. The lowest BCUT2D eigenvalue weighted by Gasteiger charge is -2.39. The van der Waals surface area contributed by atoms with Crippen LogP contribution in [0.5, 0.6) is 0 Å². The zero-order chi connectivity index (χ0) is 31.6. The van der Waals surface area contributed by atoms with Crippen molar-refractivity contribution in [1.29, 1.82) is 0 Å². The monoisotopic (exact) mass is 626 g/mol. The fourth-order valence-corrected chi connectivity index (χ4v) is 6.04. The molecule has 2 aliphatic heterocycles. The maximum atomic E-state index is 12.3. The van der Waals surface area contributed by atoms with E-state index in [0.717, 1.165) is 43.3 Å². The quantitative estimate of drug-likeness (QED) is 0.244. The van der Waals surface area contributed by atoms with Gasteiger partial charge in [0, 0.05) is 49.7 Å². The number of para-hydroxylation sites is 2. The highest BCUT2D eigenvalue weighted by molar-refractivity contribution is 6.30. The van der Waals surface area contributed by atoms with Crippen molar-refractivity contribution in [3.8, 4) is 0 Å². The highest BCUT2D eigenvalue weighted by Crippen LogP contribution is 2.35. The number of carbonyl (C=O) groups is 2. The Morgan fingerprint density at radius 3 is 2.11 bits per heavy atom. The molecule has 45 heavy (non-hydrogen) atoms. The summed E-state index contributed by atoms with van der Waals surface area (Å²) in [5.41, 5.74) is 10.6. The maximum Gasteiger partial charge on any atom is 0.323 e. The first-order chi connectivity index (χ1) is 22.0. The Hall–Kier alpha value is -4.05. The molecule has 2 aliphatic rings. The Kier molecular flexibility index (Phi) is 11.4. The number of carbonyl (C=O) groups excluding carboxylic acids is 2. The predicted molar refractivity (Wildman–Crippen MR) is 178 cm³/mol. The van der Waals surface area contributed by atoms with Crippen molar-refractivity contribution in [3.63, 3.8) is 0 Å². The number of aliphatic hydroxyl groups excluding tert-OH is 1. The number of urea groups is 1.